The Hall–Kier alpha value is -3.42. The molecule has 0 saturated carbocycles. The average Bonchev–Trinajstić information content (AvgIpc) is 2.83. The number of hydrogen-bond acceptors (Lipinski definition) is 4. The molecule has 0 atom stereocenters. The first-order valence-electron chi connectivity index (χ1n) is 8.50. The highest BCUT2D eigenvalue weighted by molar-refractivity contribution is 5.96. The Morgan fingerprint density at radius 3 is 2.54 bits per heavy atom. The van der Waals surface area contributed by atoms with Crippen molar-refractivity contribution in [1.29, 1.82) is 0 Å². The first-order chi connectivity index (χ1) is 13.5. The first kappa shape index (κ1) is 18.0. The predicted octanol–water partition coefficient (Wildman–Crippen LogP) is 3.60. The average molecular weight is 385 g/mol. The zero-order valence-corrected chi connectivity index (χ0v) is 14.5. The van der Waals surface area contributed by atoms with E-state index >= 15 is 0 Å². The van der Waals surface area contributed by atoms with Crippen LogP contribution < -0.4 is 4.74 Å². The van der Waals surface area contributed by atoms with E-state index in [4.69, 9.17) is 4.74 Å². The van der Waals surface area contributed by atoms with Crippen LogP contribution in [0.1, 0.15) is 15.9 Å². The van der Waals surface area contributed by atoms with Gasteiger partial charge < -0.3 is 9.64 Å². The van der Waals surface area contributed by atoms with Gasteiger partial charge in [-0.05, 0) is 30.3 Å². The van der Waals surface area contributed by atoms with Gasteiger partial charge in [-0.3, -0.25) is 4.79 Å². The molecule has 2 aromatic carbocycles. The molecule has 142 valence electrons. The van der Waals surface area contributed by atoms with Gasteiger partial charge in [-0.1, -0.05) is 6.07 Å². The summed E-state index contributed by atoms with van der Waals surface area (Å²) in [7, 11) is 0. The molecule has 0 aliphatic carbocycles. The van der Waals surface area contributed by atoms with Crippen molar-refractivity contribution in [2.45, 2.75) is 6.54 Å². The lowest BCUT2D eigenvalue weighted by molar-refractivity contribution is 0.0741. The number of halogens is 3. The van der Waals surface area contributed by atoms with Gasteiger partial charge in [0.2, 0.25) is 5.88 Å². The molecule has 3 aromatic rings. The van der Waals surface area contributed by atoms with Crippen LogP contribution in [0.5, 0.6) is 5.88 Å². The number of amides is 1. The number of aromatic nitrogens is 2. The van der Waals surface area contributed by atoms with Crippen LogP contribution in [-0.2, 0) is 6.54 Å². The summed E-state index contributed by atoms with van der Waals surface area (Å²) in [4.78, 5) is 22.7. The lowest BCUT2D eigenvalue weighted by atomic mass is 10.1. The molecular formula is C20H14F3N3O2. The molecule has 1 aromatic heterocycles. The van der Waals surface area contributed by atoms with Crippen LogP contribution in [-0.4, -0.2) is 33.9 Å². The summed E-state index contributed by atoms with van der Waals surface area (Å²) < 4.78 is 45.7. The molecular weight excluding hydrogens is 371 g/mol. The van der Waals surface area contributed by atoms with Gasteiger partial charge >= 0.3 is 0 Å². The molecule has 2 heterocycles. The van der Waals surface area contributed by atoms with Gasteiger partial charge in [0.25, 0.3) is 5.91 Å². The van der Waals surface area contributed by atoms with Gasteiger partial charge in [0.05, 0.1) is 6.54 Å². The van der Waals surface area contributed by atoms with E-state index in [-0.39, 0.29) is 42.5 Å². The monoisotopic (exact) mass is 385 g/mol. The maximum atomic E-state index is 13.9. The van der Waals surface area contributed by atoms with Crippen molar-refractivity contribution in [3.63, 3.8) is 0 Å². The number of carbonyl (C=O) groups is 1. The van der Waals surface area contributed by atoms with Gasteiger partial charge in [0.1, 0.15) is 29.6 Å². The summed E-state index contributed by atoms with van der Waals surface area (Å²) in [6, 6.07) is 8.85. The standard InChI is InChI=1S/C20H14F3N3O2/c21-14-4-1-12(2-5-14)18-24-10-16-19(25-18)28-8-7-26(20(16)27)11-13-3-6-15(22)9-17(13)23/h1-6,9-10H,7-8,11H2. The summed E-state index contributed by atoms with van der Waals surface area (Å²) in [6.45, 7) is 0.326. The minimum Gasteiger partial charge on any atom is -0.475 e. The molecule has 0 saturated heterocycles. The van der Waals surface area contributed by atoms with Crippen molar-refractivity contribution in [1.82, 2.24) is 14.9 Å². The molecule has 1 amide bonds. The normalized spacial score (nSPS) is 13.7. The van der Waals surface area contributed by atoms with Gasteiger partial charge in [0, 0.05) is 29.9 Å². The zero-order chi connectivity index (χ0) is 19.7. The number of nitrogens with zero attached hydrogens (tertiary/aromatic N) is 3. The van der Waals surface area contributed by atoms with E-state index in [1.807, 2.05) is 0 Å². The first-order valence-corrected chi connectivity index (χ1v) is 8.50. The predicted molar refractivity (Wildman–Crippen MR) is 94.0 cm³/mol. The molecule has 8 heteroatoms. The van der Waals surface area contributed by atoms with Crippen molar-refractivity contribution >= 4 is 5.91 Å². The van der Waals surface area contributed by atoms with E-state index in [9.17, 15) is 18.0 Å². The van der Waals surface area contributed by atoms with Crippen LogP contribution in [0.25, 0.3) is 11.4 Å². The second kappa shape index (κ2) is 7.30. The minimum atomic E-state index is -0.721. The third-order valence-electron chi connectivity index (χ3n) is 4.35. The van der Waals surface area contributed by atoms with Crippen molar-refractivity contribution in [2.75, 3.05) is 13.2 Å². The fourth-order valence-electron chi connectivity index (χ4n) is 2.89. The van der Waals surface area contributed by atoms with Crippen LogP contribution in [0.15, 0.2) is 48.7 Å². The maximum Gasteiger partial charge on any atom is 0.261 e. The molecule has 1 aliphatic rings. The highest BCUT2D eigenvalue weighted by Crippen LogP contribution is 2.25. The number of benzene rings is 2. The highest BCUT2D eigenvalue weighted by atomic mass is 19.1. The number of rotatable bonds is 3. The Morgan fingerprint density at radius 2 is 1.79 bits per heavy atom. The molecule has 0 fully saturated rings. The largest absolute Gasteiger partial charge is 0.475 e. The van der Waals surface area contributed by atoms with E-state index in [0.29, 0.717) is 11.4 Å². The minimum absolute atomic E-state index is 0.0343. The lowest BCUT2D eigenvalue weighted by Gasteiger charge is -2.20. The molecule has 4 rings (SSSR count). The second-order valence-electron chi connectivity index (χ2n) is 6.23. The van der Waals surface area contributed by atoms with Crippen LogP contribution in [0.4, 0.5) is 13.2 Å². The Morgan fingerprint density at radius 1 is 1.04 bits per heavy atom. The maximum absolute atomic E-state index is 13.9. The fraction of sp³-hybridized carbons (Fsp3) is 0.150. The van der Waals surface area contributed by atoms with Gasteiger partial charge in [-0.25, -0.2) is 18.2 Å². The van der Waals surface area contributed by atoms with Crippen molar-refractivity contribution in [2.24, 2.45) is 0 Å². The summed E-state index contributed by atoms with van der Waals surface area (Å²) in [5.41, 5.74) is 0.919. The second-order valence-corrected chi connectivity index (χ2v) is 6.23. The van der Waals surface area contributed by atoms with E-state index in [0.717, 1.165) is 12.1 Å². The Balaban J connectivity index is 1.61. The van der Waals surface area contributed by atoms with Crippen LogP contribution in [0.3, 0.4) is 0 Å². The van der Waals surface area contributed by atoms with E-state index in [1.165, 1.54) is 41.4 Å². The van der Waals surface area contributed by atoms with Gasteiger partial charge in [-0.15, -0.1) is 0 Å². The quantitative estimate of drug-likeness (QED) is 0.691. The van der Waals surface area contributed by atoms with Gasteiger partial charge in [0.15, 0.2) is 5.82 Å². The number of carbonyl (C=O) groups excluding carboxylic acids is 1. The molecule has 1 aliphatic heterocycles. The molecule has 0 unspecified atom stereocenters. The summed E-state index contributed by atoms with van der Waals surface area (Å²) in [5, 5.41) is 0. The smallest absolute Gasteiger partial charge is 0.261 e. The third-order valence-corrected chi connectivity index (χ3v) is 4.35. The lowest BCUT2D eigenvalue weighted by Crippen LogP contribution is -2.32. The summed E-state index contributed by atoms with van der Waals surface area (Å²) in [6.07, 6.45) is 1.34. The topological polar surface area (TPSA) is 55.3 Å². The zero-order valence-electron chi connectivity index (χ0n) is 14.5. The van der Waals surface area contributed by atoms with E-state index in [1.54, 1.807) is 0 Å². The molecule has 0 N–H and O–H groups in total. The summed E-state index contributed by atoms with van der Waals surface area (Å²) >= 11 is 0. The summed E-state index contributed by atoms with van der Waals surface area (Å²) in [5.74, 6) is -1.79. The molecule has 5 nitrogen and oxygen atoms in total. The third kappa shape index (κ3) is 3.53. The Labute approximate surface area is 158 Å². The Kier molecular flexibility index (Phi) is 4.68. The number of fused-ring (bicyclic) bond motifs is 1. The fourth-order valence-corrected chi connectivity index (χ4v) is 2.89. The van der Waals surface area contributed by atoms with E-state index < -0.39 is 17.5 Å². The molecule has 0 bridgehead atoms. The number of hydrogen-bond donors (Lipinski definition) is 0. The molecule has 28 heavy (non-hydrogen) atoms. The SMILES string of the molecule is O=C1c2cnc(-c3ccc(F)cc3)nc2OCCN1Cc1ccc(F)cc1F. The van der Waals surface area contributed by atoms with Crippen LogP contribution in [0.2, 0.25) is 0 Å². The Bertz CT molecular complexity index is 1040. The number of ether oxygens (including phenoxy) is 1. The molecule has 0 spiro atoms. The van der Waals surface area contributed by atoms with Crippen molar-refractivity contribution < 1.29 is 22.7 Å². The van der Waals surface area contributed by atoms with Crippen LogP contribution in [0, 0.1) is 17.5 Å². The highest BCUT2D eigenvalue weighted by Gasteiger charge is 2.26. The van der Waals surface area contributed by atoms with Crippen molar-refractivity contribution in [3.8, 4) is 17.3 Å². The van der Waals surface area contributed by atoms with E-state index in [2.05, 4.69) is 9.97 Å². The van der Waals surface area contributed by atoms with Crippen molar-refractivity contribution in [3.05, 3.63) is 77.2 Å². The van der Waals surface area contributed by atoms with Crippen LogP contribution >= 0.6 is 0 Å². The molecule has 0 radical (unpaired) electrons. The van der Waals surface area contributed by atoms with Gasteiger partial charge in [-0.2, -0.15) is 4.98 Å².